The summed E-state index contributed by atoms with van der Waals surface area (Å²) in [4.78, 5) is -0.806. The third-order valence-electron chi connectivity index (χ3n) is 4.02. The highest BCUT2D eigenvalue weighted by molar-refractivity contribution is 7.89. The van der Waals surface area contributed by atoms with Crippen molar-refractivity contribution in [2.45, 2.75) is 24.2 Å². The lowest BCUT2D eigenvalue weighted by atomic mass is 10.2. The summed E-state index contributed by atoms with van der Waals surface area (Å²) in [5.74, 6) is -0.488. The molecule has 0 N–H and O–H groups in total. The first-order valence-corrected chi connectivity index (χ1v) is 10.5. The second-order valence-electron chi connectivity index (χ2n) is 6.03. The molecule has 0 bridgehead atoms. The number of benzene rings is 2. The van der Waals surface area contributed by atoms with Crippen LogP contribution in [0.4, 0.5) is 17.6 Å². The van der Waals surface area contributed by atoms with Gasteiger partial charge in [0.05, 0.1) is 10.5 Å². The minimum Gasteiger partial charge on any atom is -0.207 e. The number of hydrogen-bond acceptors (Lipinski definition) is 3. The van der Waals surface area contributed by atoms with Gasteiger partial charge in [-0.25, -0.2) is 12.8 Å². The molecule has 0 spiro atoms. The number of rotatable bonds is 6. The summed E-state index contributed by atoms with van der Waals surface area (Å²) in [5, 5.41) is 3.48. The van der Waals surface area contributed by atoms with Gasteiger partial charge in [-0.15, -0.1) is 0 Å². The third kappa shape index (κ3) is 4.60. The Morgan fingerprint density at radius 3 is 2.14 bits per heavy atom. The maximum atomic E-state index is 13.4. The topological polar surface area (TPSA) is 37.4 Å². The summed E-state index contributed by atoms with van der Waals surface area (Å²) in [6.07, 6.45) is -4.81. The van der Waals surface area contributed by atoms with Gasteiger partial charge < -0.3 is 0 Å². The fraction of sp³-hybridized carbons (Fsp3) is 0.158. The van der Waals surface area contributed by atoms with Gasteiger partial charge in [0.25, 0.3) is 0 Å². The Morgan fingerprint density at radius 1 is 0.893 bits per heavy atom. The molecule has 28 heavy (non-hydrogen) atoms. The predicted molar refractivity (Wildman–Crippen MR) is 98.6 cm³/mol. The van der Waals surface area contributed by atoms with Crippen LogP contribution in [0.2, 0.25) is 0 Å². The highest BCUT2D eigenvalue weighted by Crippen LogP contribution is 2.35. The zero-order valence-corrected chi connectivity index (χ0v) is 16.0. The van der Waals surface area contributed by atoms with Crippen LogP contribution in [-0.4, -0.2) is 12.7 Å². The average molecular weight is 429 g/mol. The molecule has 9 heteroatoms. The summed E-state index contributed by atoms with van der Waals surface area (Å²) < 4.78 is 80.5. The SMILES string of the molecule is O=S(=O)(c1ccccc1C(F)(F)F)N(Cc1ccc(F)cc1)Cc1ccsc1. The highest BCUT2D eigenvalue weighted by Gasteiger charge is 2.38. The maximum absolute atomic E-state index is 13.4. The lowest BCUT2D eigenvalue weighted by Gasteiger charge is -2.24. The number of alkyl halides is 3. The molecule has 0 atom stereocenters. The average Bonchev–Trinajstić information content (AvgIpc) is 3.15. The molecule has 1 heterocycles. The number of thiophene rings is 1. The van der Waals surface area contributed by atoms with Crippen LogP contribution in [0.1, 0.15) is 16.7 Å². The largest absolute Gasteiger partial charge is 0.417 e. The highest BCUT2D eigenvalue weighted by atomic mass is 32.2. The molecule has 0 amide bonds. The van der Waals surface area contributed by atoms with Gasteiger partial charge in [-0.2, -0.15) is 28.8 Å². The van der Waals surface area contributed by atoms with E-state index < -0.39 is 32.5 Å². The van der Waals surface area contributed by atoms with Gasteiger partial charge in [-0.05, 0) is 52.2 Å². The molecular weight excluding hydrogens is 414 g/mol. The lowest BCUT2D eigenvalue weighted by molar-refractivity contribution is -0.139. The molecule has 148 valence electrons. The van der Waals surface area contributed by atoms with Gasteiger partial charge in [-0.3, -0.25) is 0 Å². The molecule has 0 unspecified atom stereocenters. The molecule has 0 aliphatic rings. The van der Waals surface area contributed by atoms with Crippen molar-refractivity contribution >= 4 is 21.4 Å². The van der Waals surface area contributed by atoms with Crippen LogP contribution < -0.4 is 0 Å². The van der Waals surface area contributed by atoms with Crippen molar-refractivity contribution in [3.63, 3.8) is 0 Å². The van der Waals surface area contributed by atoms with Gasteiger partial charge in [0.2, 0.25) is 10.0 Å². The molecule has 0 fully saturated rings. The molecule has 3 nitrogen and oxygen atoms in total. The van der Waals surface area contributed by atoms with E-state index in [-0.39, 0.29) is 13.1 Å². The van der Waals surface area contributed by atoms with E-state index in [0.717, 1.165) is 22.5 Å². The second kappa shape index (κ2) is 8.02. The van der Waals surface area contributed by atoms with E-state index in [9.17, 15) is 26.0 Å². The minimum absolute atomic E-state index is 0.102. The summed E-state index contributed by atoms with van der Waals surface area (Å²) in [6, 6.07) is 10.9. The van der Waals surface area contributed by atoms with Crippen molar-refractivity contribution < 1.29 is 26.0 Å². The number of hydrogen-bond donors (Lipinski definition) is 0. The summed E-state index contributed by atoms with van der Waals surface area (Å²) >= 11 is 1.35. The number of sulfonamides is 1. The van der Waals surface area contributed by atoms with Gasteiger partial charge in [0, 0.05) is 13.1 Å². The molecule has 0 saturated heterocycles. The van der Waals surface area contributed by atoms with E-state index in [0.29, 0.717) is 11.1 Å². The smallest absolute Gasteiger partial charge is 0.207 e. The Balaban J connectivity index is 2.04. The molecule has 0 aliphatic heterocycles. The molecule has 0 saturated carbocycles. The normalized spacial score (nSPS) is 12.5. The lowest BCUT2D eigenvalue weighted by Crippen LogP contribution is -2.31. The van der Waals surface area contributed by atoms with Gasteiger partial charge >= 0.3 is 6.18 Å². The Kier molecular flexibility index (Phi) is 5.87. The fourth-order valence-corrected chi connectivity index (χ4v) is 4.96. The first kappa shape index (κ1) is 20.5. The van der Waals surface area contributed by atoms with E-state index in [2.05, 4.69) is 0 Å². The Morgan fingerprint density at radius 2 is 1.54 bits per heavy atom. The Labute approximate surface area is 163 Å². The zero-order valence-electron chi connectivity index (χ0n) is 14.4. The van der Waals surface area contributed by atoms with Crippen LogP contribution in [0.25, 0.3) is 0 Å². The summed E-state index contributed by atoms with van der Waals surface area (Å²) in [5.41, 5.74) is -0.103. The zero-order chi connectivity index (χ0) is 20.4. The van der Waals surface area contributed by atoms with E-state index >= 15 is 0 Å². The molecule has 0 radical (unpaired) electrons. The van der Waals surface area contributed by atoms with Crippen LogP contribution in [0.3, 0.4) is 0 Å². The van der Waals surface area contributed by atoms with E-state index in [1.807, 2.05) is 0 Å². The fourth-order valence-electron chi connectivity index (χ4n) is 2.67. The minimum atomic E-state index is -4.81. The van der Waals surface area contributed by atoms with Crippen molar-refractivity contribution in [1.82, 2.24) is 4.31 Å². The Bertz CT molecular complexity index is 1030. The molecule has 3 rings (SSSR count). The molecule has 1 aromatic heterocycles. The Hall–Kier alpha value is -2.23. The van der Waals surface area contributed by atoms with Crippen LogP contribution >= 0.6 is 11.3 Å². The van der Waals surface area contributed by atoms with Crippen LogP contribution in [0.5, 0.6) is 0 Å². The number of halogens is 4. The van der Waals surface area contributed by atoms with Crippen LogP contribution in [0.15, 0.2) is 70.3 Å². The predicted octanol–water partition coefficient (Wildman–Crippen LogP) is 5.30. The van der Waals surface area contributed by atoms with Gasteiger partial charge in [0.1, 0.15) is 5.82 Å². The number of nitrogens with zero attached hydrogens (tertiary/aromatic N) is 1. The van der Waals surface area contributed by atoms with Crippen molar-refractivity contribution in [1.29, 1.82) is 0 Å². The second-order valence-corrected chi connectivity index (χ2v) is 8.71. The van der Waals surface area contributed by atoms with Gasteiger partial charge in [0.15, 0.2) is 0 Å². The van der Waals surface area contributed by atoms with Crippen molar-refractivity contribution in [2.24, 2.45) is 0 Å². The monoisotopic (exact) mass is 429 g/mol. The first-order chi connectivity index (χ1) is 13.2. The van der Waals surface area contributed by atoms with Crippen LogP contribution in [0, 0.1) is 5.82 Å². The van der Waals surface area contributed by atoms with Crippen molar-refractivity contribution in [2.75, 3.05) is 0 Å². The molecule has 0 aliphatic carbocycles. The first-order valence-electron chi connectivity index (χ1n) is 8.10. The summed E-state index contributed by atoms with van der Waals surface area (Å²) in [6.45, 7) is -0.292. The standard InChI is InChI=1S/C19H15F4NO2S2/c20-16-7-5-14(6-8-16)11-24(12-15-9-10-27-13-15)28(25,26)18-4-2-1-3-17(18)19(21,22)23/h1-10,13H,11-12H2. The van der Waals surface area contributed by atoms with E-state index in [1.165, 1.54) is 41.7 Å². The van der Waals surface area contributed by atoms with Gasteiger partial charge in [-0.1, -0.05) is 24.3 Å². The van der Waals surface area contributed by atoms with E-state index in [4.69, 9.17) is 0 Å². The quantitative estimate of drug-likeness (QED) is 0.499. The third-order valence-corrected chi connectivity index (χ3v) is 6.60. The van der Waals surface area contributed by atoms with E-state index in [1.54, 1.807) is 16.8 Å². The summed E-state index contributed by atoms with van der Waals surface area (Å²) in [7, 11) is -4.48. The molecule has 3 aromatic rings. The van der Waals surface area contributed by atoms with Crippen molar-refractivity contribution in [3.05, 3.63) is 87.9 Å². The maximum Gasteiger partial charge on any atom is 0.417 e. The van der Waals surface area contributed by atoms with Crippen molar-refractivity contribution in [3.8, 4) is 0 Å². The molecule has 2 aromatic carbocycles. The molecular formula is C19H15F4NO2S2. The van der Waals surface area contributed by atoms with Crippen LogP contribution in [-0.2, 0) is 29.3 Å².